The Kier molecular flexibility index (Phi) is 53.0. The number of rotatable bonds is 49. The molecule has 0 aliphatic carbocycles. The van der Waals surface area contributed by atoms with Crippen molar-refractivity contribution in [3.8, 4) is 0 Å². The van der Waals surface area contributed by atoms with E-state index in [4.69, 9.17) is 14.2 Å². The molecule has 0 fully saturated rings. The summed E-state index contributed by atoms with van der Waals surface area (Å²) in [6, 6.07) is 0. The predicted octanol–water partition coefficient (Wildman–Crippen LogP) is 18.9. The lowest BCUT2D eigenvalue weighted by Gasteiger charge is -2.18. The maximum Gasteiger partial charge on any atom is 0.306 e. The maximum atomic E-state index is 12.8. The van der Waals surface area contributed by atoms with Crippen LogP contribution >= 0.6 is 0 Å². The Balaban J connectivity index is 4.61. The van der Waals surface area contributed by atoms with Crippen LogP contribution in [0.25, 0.3) is 0 Å². The summed E-state index contributed by atoms with van der Waals surface area (Å²) in [6.07, 6.45) is 77.6. The monoisotopic (exact) mass is 955 g/mol. The highest BCUT2D eigenvalue weighted by molar-refractivity contribution is 5.71. The Hall–Kier alpha value is -4.19. The summed E-state index contributed by atoms with van der Waals surface area (Å²) >= 11 is 0. The molecule has 0 aliphatic rings. The van der Waals surface area contributed by atoms with E-state index < -0.39 is 6.10 Å². The Labute approximate surface area is 424 Å². The van der Waals surface area contributed by atoms with E-state index in [1.807, 2.05) is 0 Å². The first-order chi connectivity index (χ1) is 34.0. The fourth-order valence-corrected chi connectivity index (χ4v) is 7.16. The van der Waals surface area contributed by atoms with E-state index in [9.17, 15) is 14.4 Å². The Morgan fingerprint density at radius 1 is 0.290 bits per heavy atom. The van der Waals surface area contributed by atoms with Crippen molar-refractivity contribution >= 4 is 17.9 Å². The molecule has 0 aliphatic heterocycles. The van der Waals surface area contributed by atoms with Crippen molar-refractivity contribution in [2.24, 2.45) is 0 Å². The van der Waals surface area contributed by atoms with Crippen LogP contribution in [-0.2, 0) is 28.6 Å². The number of carbonyl (C=O) groups excluding carboxylic acids is 3. The van der Waals surface area contributed by atoms with Gasteiger partial charge in [0.25, 0.3) is 0 Å². The van der Waals surface area contributed by atoms with Crippen LogP contribution in [-0.4, -0.2) is 37.2 Å². The van der Waals surface area contributed by atoms with Crippen LogP contribution in [0.4, 0.5) is 0 Å². The second kappa shape index (κ2) is 56.4. The van der Waals surface area contributed by atoms with Gasteiger partial charge in [-0.15, -0.1) is 0 Å². The van der Waals surface area contributed by atoms with Crippen molar-refractivity contribution in [2.75, 3.05) is 13.2 Å². The van der Waals surface area contributed by atoms with Gasteiger partial charge in [0.2, 0.25) is 0 Å². The van der Waals surface area contributed by atoms with E-state index >= 15 is 0 Å². The van der Waals surface area contributed by atoms with E-state index in [0.717, 1.165) is 89.9 Å². The van der Waals surface area contributed by atoms with Gasteiger partial charge in [-0.1, -0.05) is 213 Å². The molecular weight excluding hydrogens is 853 g/mol. The maximum absolute atomic E-state index is 12.8. The molecular formula is C63H102O6. The third kappa shape index (κ3) is 54.6. The molecule has 0 amide bonds. The van der Waals surface area contributed by atoms with Gasteiger partial charge in [-0.3, -0.25) is 14.4 Å². The van der Waals surface area contributed by atoms with Crippen LogP contribution in [0.2, 0.25) is 0 Å². The van der Waals surface area contributed by atoms with Gasteiger partial charge in [0, 0.05) is 19.3 Å². The normalized spacial score (nSPS) is 13.0. The second-order valence-electron chi connectivity index (χ2n) is 18.1. The van der Waals surface area contributed by atoms with E-state index in [0.29, 0.717) is 19.3 Å². The Bertz CT molecular complexity index is 1470. The smallest absolute Gasteiger partial charge is 0.306 e. The van der Waals surface area contributed by atoms with Crippen molar-refractivity contribution < 1.29 is 28.6 Å². The van der Waals surface area contributed by atoms with Crippen molar-refractivity contribution in [3.63, 3.8) is 0 Å². The van der Waals surface area contributed by atoms with Crippen LogP contribution in [0.1, 0.15) is 239 Å². The van der Waals surface area contributed by atoms with Gasteiger partial charge in [-0.05, 0) is 128 Å². The summed E-state index contributed by atoms with van der Waals surface area (Å²) in [4.78, 5) is 38.1. The van der Waals surface area contributed by atoms with Crippen LogP contribution in [0.3, 0.4) is 0 Å². The summed E-state index contributed by atoms with van der Waals surface area (Å²) in [6.45, 7) is 6.46. The molecule has 0 heterocycles. The van der Waals surface area contributed by atoms with Crippen molar-refractivity contribution in [2.45, 2.75) is 245 Å². The summed E-state index contributed by atoms with van der Waals surface area (Å²) in [5.74, 6) is -1.06. The molecule has 0 radical (unpaired) electrons. The molecule has 0 saturated heterocycles. The zero-order chi connectivity index (χ0) is 50.0. The topological polar surface area (TPSA) is 78.9 Å². The van der Waals surface area contributed by atoms with Crippen molar-refractivity contribution in [3.05, 3.63) is 122 Å². The minimum Gasteiger partial charge on any atom is -0.462 e. The lowest BCUT2D eigenvalue weighted by molar-refractivity contribution is -0.167. The molecule has 0 bridgehead atoms. The third-order valence-electron chi connectivity index (χ3n) is 11.4. The summed E-state index contributed by atoms with van der Waals surface area (Å²) in [5.41, 5.74) is 0. The van der Waals surface area contributed by atoms with Gasteiger partial charge in [-0.25, -0.2) is 0 Å². The molecule has 6 nitrogen and oxygen atoms in total. The highest BCUT2D eigenvalue weighted by atomic mass is 16.6. The van der Waals surface area contributed by atoms with E-state index in [-0.39, 0.29) is 44.0 Å². The standard InChI is InChI=1S/C63H102O6/c1-4-7-10-13-16-19-22-25-28-31-34-37-40-43-46-49-52-55-61(64)67-58-60(69-63(66)57-54-51-48-45-42-39-36-33-30-27-24-21-18-15-12-9-6-3)59-68-62(65)56-53-50-47-44-41-38-35-32-29-26-23-20-17-14-11-8-5-2/h16-17,19-20,25-30,34-39,43,45-46,48,60H,4-15,18,21-24,31-33,40-42,44,47,49-59H2,1-3H3/b19-16-,20-17-,28-25-,29-26-,30-27-,37-34-,38-35-,39-36-,46-43-,48-45-/t60-/m1/s1. The van der Waals surface area contributed by atoms with E-state index in [2.05, 4.69) is 142 Å². The molecule has 6 heteroatoms. The molecule has 0 aromatic heterocycles. The number of carbonyl (C=O) groups is 3. The highest BCUT2D eigenvalue weighted by Crippen LogP contribution is 2.11. The van der Waals surface area contributed by atoms with Crippen LogP contribution < -0.4 is 0 Å². The number of ether oxygens (including phenoxy) is 3. The molecule has 0 aromatic carbocycles. The van der Waals surface area contributed by atoms with Gasteiger partial charge in [-0.2, -0.15) is 0 Å². The van der Waals surface area contributed by atoms with Gasteiger partial charge in [0.05, 0.1) is 0 Å². The summed E-state index contributed by atoms with van der Waals surface area (Å²) < 4.78 is 16.7. The zero-order valence-electron chi connectivity index (χ0n) is 44.5. The Morgan fingerprint density at radius 2 is 0.536 bits per heavy atom. The minimum absolute atomic E-state index is 0.130. The average molecular weight is 956 g/mol. The fraction of sp³-hybridized carbons (Fsp3) is 0.635. The second-order valence-corrected chi connectivity index (χ2v) is 18.1. The van der Waals surface area contributed by atoms with Crippen LogP contribution in [0.15, 0.2) is 122 Å². The zero-order valence-corrected chi connectivity index (χ0v) is 44.5. The molecule has 69 heavy (non-hydrogen) atoms. The first kappa shape index (κ1) is 64.8. The van der Waals surface area contributed by atoms with Crippen molar-refractivity contribution in [1.29, 1.82) is 0 Å². The van der Waals surface area contributed by atoms with Gasteiger partial charge in [0.15, 0.2) is 6.10 Å². The lowest BCUT2D eigenvalue weighted by atomic mass is 10.1. The fourth-order valence-electron chi connectivity index (χ4n) is 7.16. The predicted molar refractivity (Wildman–Crippen MR) is 297 cm³/mol. The first-order valence-corrected chi connectivity index (χ1v) is 28.0. The quantitative estimate of drug-likeness (QED) is 0.0262. The van der Waals surface area contributed by atoms with Gasteiger partial charge in [0.1, 0.15) is 13.2 Å². The molecule has 0 N–H and O–H groups in total. The number of esters is 3. The van der Waals surface area contributed by atoms with Crippen molar-refractivity contribution in [1.82, 2.24) is 0 Å². The van der Waals surface area contributed by atoms with Gasteiger partial charge < -0.3 is 14.2 Å². The molecule has 390 valence electrons. The molecule has 0 unspecified atom stereocenters. The molecule has 0 aromatic rings. The number of hydrogen-bond donors (Lipinski definition) is 0. The third-order valence-corrected chi connectivity index (χ3v) is 11.4. The first-order valence-electron chi connectivity index (χ1n) is 28.0. The lowest BCUT2D eigenvalue weighted by Crippen LogP contribution is -2.30. The van der Waals surface area contributed by atoms with E-state index in [1.54, 1.807) is 0 Å². The molecule has 0 saturated carbocycles. The molecule has 1 atom stereocenters. The van der Waals surface area contributed by atoms with E-state index in [1.165, 1.54) is 96.3 Å². The number of allylic oxidation sites excluding steroid dienone is 20. The average Bonchev–Trinajstić information content (AvgIpc) is 3.35. The van der Waals surface area contributed by atoms with Crippen LogP contribution in [0, 0.1) is 0 Å². The molecule has 0 spiro atoms. The van der Waals surface area contributed by atoms with Crippen LogP contribution in [0.5, 0.6) is 0 Å². The SMILES string of the molecule is CCCCC/C=C\C/C=C\C/C=C\C/C=C\CCCC(=O)OC[C@H](COC(=O)CCCCCC/C=C\C/C=C\C/C=C\CCCCC)OC(=O)CCC/C=C\C/C=C\C/C=C\CCCCCCCC. The summed E-state index contributed by atoms with van der Waals surface area (Å²) in [7, 11) is 0. The molecule has 0 rings (SSSR count). The number of unbranched alkanes of at least 4 members (excludes halogenated alkanes) is 18. The minimum atomic E-state index is -0.840. The highest BCUT2D eigenvalue weighted by Gasteiger charge is 2.19. The van der Waals surface area contributed by atoms with Gasteiger partial charge >= 0.3 is 17.9 Å². The number of hydrogen-bond acceptors (Lipinski definition) is 6. The summed E-state index contributed by atoms with van der Waals surface area (Å²) in [5, 5.41) is 0. The largest absolute Gasteiger partial charge is 0.462 e. The Morgan fingerprint density at radius 3 is 0.899 bits per heavy atom.